The number of amides is 2. The van der Waals surface area contributed by atoms with Gasteiger partial charge in [0.2, 0.25) is 5.91 Å². The summed E-state index contributed by atoms with van der Waals surface area (Å²) >= 11 is 0. The molecule has 2 N–H and O–H groups in total. The summed E-state index contributed by atoms with van der Waals surface area (Å²) in [7, 11) is 0. The molecule has 1 saturated heterocycles. The van der Waals surface area contributed by atoms with Gasteiger partial charge in [-0.1, -0.05) is 42.5 Å². The molecule has 2 amide bonds. The summed E-state index contributed by atoms with van der Waals surface area (Å²) in [6.45, 7) is 1.38. The van der Waals surface area contributed by atoms with Crippen molar-refractivity contribution in [1.29, 1.82) is 0 Å². The third-order valence-electron chi connectivity index (χ3n) is 5.14. The summed E-state index contributed by atoms with van der Waals surface area (Å²) in [6, 6.07) is 19.3. The molecule has 0 bridgehead atoms. The van der Waals surface area contributed by atoms with E-state index in [0.717, 1.165) is 0 Å². The number of halogens is 1. The molecule has 1 aliphatic heterocycles. The fourth-order valence-corrected chi connectivity index (χ4v) is 3.72. The molecule has 0 unspecified atom stereocenters. The second kappa shape index (κ2) is 8.47. The fraction of sp³-hybridized carbons (Fsp3) is 0.0800. The molecule has 1 fully saturated rings. The Balaban J connectivity index is 1.87. The zero-order valence-electron chi connectivity index (χ0n) is 17.1. The Hall–Kier alpha value is -4.26. The van der Waals surface area contributed by atoms with E-state index in [1.54, 1.807) is 54.6 Å². The highest BCUT2D eigenvalue weighted by molar-refractivity contribution is 6.51. The third-order valence-corrected chi connectivity index (χ3v) is 5.14. The quantitative estimate of drug-likeness (QED) is 0.365. The maximum atomic E-state index is 13.6. The molecular weight excluding hydrogens is 411 g/mol. The van der Waals surface area contributed by atoms with E-state index in [0.29, 0.717) is 22.5 Å². The Bertz CT molecular complexity index is 1220. The van der Waals surface area contributed by atoms with E-state index in [2.05, 4.69) is 5.32 Å². The first-order valence-electron chi connectivity index (χ1n) is 9.86. The topological polar surface area (TPSA) is 86.7 Å². The van der Waals surface area contributed by atoms with Crippen molar-refractivity contribution in [1.82, 2.24) is 0 Å². The first-order chi connectivity index (χ1) is 15.4. The van der Waals surface area contributed by atoms with Crippen LogP contribution in [0, 0.1) is 5.82 Å². The molecule has 4 rings (SSSR count). The lowest BCUT2D eigenvalue weighted by Gasteiger charge is -2.25. The standard InChI is InChI=1S/C25H19FN2O4/c1-15(29)27-19-11-13-20(14-12-19)28-22(16-7-9-18(26)10-8-16)21(24(31)25(28)32)23(30)17-5-3-2-4-6-17/h2-14,22,30H,1H3,(H,27,29)/b23-21+/t22-/m1/s1. The van der Waals surface area contributed by atoms with Crippen molar-refractivity contribution >= 4 is 34.7 Å². The van der Waals surface area contributed by atoms with Crippen LogP contribution in [-0.4, -0.2) is 22.7 Å². The van der Waals surface area contributed by atoms with Crippen molar-refractivity contribution < 1.29 is 23.9 Å². The molecule has 0 aromatic heterocycles. The van der Waals surface area contributed by atoms with Gasteiger partial charge >= 0.3 is 0 Å². The Labute approximate surface area is 183 Å². The largest absolute Gasteiger partial charge is 0.507 e. The Morgan fingerprint density at radius 3 is 2.16 bits per heavy atom. The number of aliphatic hydroxyl groups is 1. The number of ketones is 1. The molecule has 160 valence electrons. The molecule has 0 spiro atoms. The van der Waals surface area contributed by atoms with Crippen LogP contribution < -0.4 is 10.2 Å². The van der Waals surface area contributed by atoms with Crippen LogP contribution in [0.15, 0.2) is 84.4 Å². The molecule has 1 atom stereocenters. The van der Waals surface area contributed by atoms with Crippen LogP contribution in [0.5, 0.6) is 0 Å². The van der Waals surface area contributed by atoms with E-state index in [1.165, 1.54) is 36.1 Å². The number of Topliss-reactive ketones (excluding diaryl/α,β-unsaturated/α-hetero) is 1. The van der Waals surface area contributed by atoms with E-state index in [-0.39, 0.29) is 17.2 Å². The van der Waals surface area contributed by atoms with E-state index >= 15 is 0 Å². The van der Waals surface area contributed by atoms with Crippen LogP contribution in [0.2, 0.25) is 0 Å². The summed E-state index contributed by atoms with van der Waals surface area (Å²) in [4.78, 5) is 38.6. The number of carbonyl (C=O) groups is 3. The van der Waals surface area contributed by atoms with Gasteiger partial charge in [0.05, 0.1) is 11.6 Å². The average molecular weight is 430 g/mol. The molecule has 3 aromatic rings. The van der Waals surface area contributed by atoms with Gasteiger partial charge in [-0.15, -0.1) is 0 Å². The van der Waals surface area contributed by atoms with Crippen molar-refractivity contribution in [3.8, 4) is 0 Å². The molecule has 32 heavy (non-hydrogen) atoms. The Kier molecular flexibility index (Phi) is 5.55. The summed E-state index contributed by atoms with van der Waals surface area (Å²) in [5.41, 5.74) is 1.69. The summed E-state index contributed by atoms with van der Waals surface area (Å²) in [6.07, 6.45) is 0. The predicted octanol–water partition coefficient (Wildman–Crippen LogP) is 4.41. The van der Waals surface area contributed by atoms with Crippen LogP contribution in [0.1, 0.15) is 24.1 Å². The normalized spacial score (nSPS) is 17.4. The third kappa shape index (κ3) is 3.88. The average Bonchev–Trinajstić information content (AvgIpc) is 3.05. The van der Waals surface area contributed by atoms with E-state index in [4.69, 9.17) is 0 Å². The molecular formula is C25H19FN2O4. The molecule has 0 radical (unpaired) electrons. The molecule has 3 aromatic carbocycles. The van der Waals surface area contributed by atoms with Gasteiger partial charge in [0.25, 0.3) is 11.7 Å². The first kappa shape index (κ1) is 21.0. The van der Waals surface area contributed by atoms with Gasteiger partial charge in [0, 0.05) is 23.9 Å². The van der Waals surface area contributed by atoms with Gasteiger partial charge in [0.15, 0.2) is 0 Å². The van der Waals surface area contributed by atoms with Gasteiger partial charge in [-0.05, 0) is 42.0 Å². The number of benzene rings is 3. The van der Waals surface area contributed by atoms with E-state index < -0.39 is 23.5 Å². The number of anilines is 2. The second-order valence-electron chi connectivity index (χ2n) is 7.31. The van der Waals surface area contributed by atoms with E-state index in [9.17, 15) is 23.9 Å². The highest BCUT2D eigenvalue weighted by Gasteiger charge is 2.46. The number of nitrogens with zero attached hydrogens (tertiary/aromatic N) is 1. The SMILES string of the molecule is CC(=O)Nc1ccc(N2C(=O)C(=O)/C(=C(/O)c3ccccc3)[C@H]2c2ccc(F)cc2)cc1. The molecule has 1 aliphatic rings. The minimum Gasteiger partial charge on any atom is -0.507 e. The monoisotopic (exact) mass is 430 g/mol. The van der Waals surface area contributed by atoms with Crippen LogP contribution >= 0.6 is 0 Å². The maximum Gasteiger partial charge on any atom is 0.300 e. The maximum absolute atomic E-state index is 13.6. The first-order valence-corrected chi connectivity index (χ1v) is 9.86. The Morgan fingerprint density at radius 2 is 1.56 bits per heavy atom. The van der Waals surface area contributed by atoms with Gasteiger partial charge < -0.3 is 10.4 Å². The molecule has 0 saturated carbocycles. The number of aliphatic hydroxyl groups excluding tert-OH is 1. The smallest absolute Gasteiger partial charge is 0.300 e. The van der Waals surface area contributed by atoms with Gasteiger partial charge in [-0.3, -0.25) is 19.3 Å². The zero-order valence-corrected chi connectivity index (χ0v) is 17.1. The minimum absolute atomic E-state index is 0.0845. The lowest BCUT2D eigenvalue weighted by molar-refractivity contribution is -0.132. The summed E-state index contributed by atoms with van der Waals surface area (Å²) in [5.74, 6) is -2.67. The number of nitrogens with one attached hydrogen (secondary N) is 1. The van der Waals surface area contributed by atoms with Crippen molar-refractivity contribution in [2.75, 3.05) is 10.2 Å². The predicted molar refractivity (Wildman–Crippen MR) is 118 cm³/mol. The second-order valence-corrected chi connectivity index (χ2v) is 7.31. The van der Waals surface area contributed by atoms with Gasteiger partial charge in [-0.25, -0.2) is 4.39 Å². The van der Waals surface area contributed by atoms with Crippen molar-refractivity contribution in [2.24, 2.45) is 0 Å². The highest BCUT2D eigenvalue weighted by Crippen LogP contribution is 2.42. The van der Waals surface area contributed by atoms with Crippen LogP contribution in [0.3, 0.4) is 0 Å². The lowest BCUT2D eigenvalue weighted by atomic mass is 9.95. The van der Waals surface area contributed by atoms with Crippen LogP contribution in [0.4, 0.5) is 15.8 Å². The number of hydrogen-bond acceptors (Lipinski definition) is 4. The fourth-order valence-electron chi connectivity index (χ4n) is 3.72. The molecule has 6 nitrogen and oxygen atoms in total. The van der Waals surface area contributed by atoms with E-state index in [1.807, 2.05) is 0 Å². The van der Waals surface area contributed by atoms with Crippen molar-refractivity contribution in [3.05, 3.63) is 101 Å². The van der Waals surface area contributed by atoms with Crippen molar-refractivity contribution in [2.45, 2.75) is 13.0 Å². The molecule has 1 heterocycles. The van der Waals surface area contributed by atoms with Crippen molar-refractivity contribution in [3.63, 3.8) is 0 Å². The summed E-state index contributed by atoms with van der Waals surface area (Å²) in [5, 5.41) is 13.6. The summed E-state index contributed by atoms with van der Waals surface area (Å²) < 4.78 is 13.6. The highest BCUT2D eigenvalue weighted by atomic mass is 19.1. The zero-order chi connectivity index (χ0) is 22.8. The number of hydrogen-bond donors (Lipinski definition) is 2. The van der Waals surface area contributed by atoms with Gasteiger partial charge in [-0.2, -0.15) is 0 Å². The molecule has 0 aliphatic carbocycles. The van der Waals surface area contributed by atoms with Crippen LogP contribution in [-0.2, 0) is 14.4 Å². The van der Waals surface area contributed by atoms with Crippen LogP contribution in [0.25, 0.3) is 5.76 Å². The van der Waals surface area contributed by atoms with Gasteiger partial charge in [0.1, 0.15) is 11.6 Å². The number of rotatable bonds is 4. The molecule has 7 heteroatoms. The lowest BCUT2D eigenvalue weighted by Crippen LogP contribution is -2.29. The minimum atomic E-state index is -0.956. The number of carbonyl (C=O) groups excluding carboxylic acids is 3. The Morgan fingerprint density at radius 1 is 0.938 bits per heavy atom.